The van der Waals surface area contributed by atoms with Gasteiger partial charge >= 0.3 is 0 Å². The summed E-state index contributed by atoms with van der Waals surface area (Å²) in [6.45, 7) is 9.21. The van der Waals surface area contributed by atoms with E-state index in [1.54, 1.807) is 0 Å². The number of hydrogen-bond donors (Lipinski definition) is 0. The van der Waals surface area contributed by atoms with Gasteiger partial charge in [0.1, 0.15) is 0 Å². The zero-order valence-corrected chi connectivity index (χ0v) is 18.8. The van der Waals surface area contributed by atoms with E-state index < -0.39 is 0 Å². The molecule has 0 aromatic heterocycles. The van der Waals surface area contributed by atoms with Crippen LogP contribution in [0.25, 0.3) is 22.3 Å². The molecule has 0 N–H and O–H groups in total. The third-order valence-electron chi connectivity index (χ3n) is 6.61. The summed E-state index contributed by atoms with van der Waals surface area (Å²) in [6, 6.07) is 35.7. The van der Waals surface area contributed by atoms with E-state index in [4.69, 9.17) is 0 Å². The van der Waals surface area contributed by atoms with Gasteiger partial charge < -0.3 is 4.90 Å². The molecule has 0 bridgehead atoms. The molecule has 1 aliphatic carbocycles. The third kappa shape index (κ3) is 3.25. The third-order valence-corrected chi connectivity index (χ3v) is 6.61. The fourth-order valence-corrected chi connectivity index (χ4v) is 5.03. The van der Waals surface area contributed by atoms with Crippen molar-refractivity contribution in [3.05, 3.63) is 108 Å². The van der Waals surface area contributed by atoms with Gasteiger partial charge in [0.15, 0.2) is 0 Å². The van der Waals surface area contributed by atoms with Crippen LogP contribution in [-0.4, -0.2) is 6.04 Å². The summed E-state index contributed by atoms with van der Waals surface area (Å²) < 4.78 is 0. The SMILES string of the molecule is CC(C)N(c1ccc(-c2ccccc2)cc1)c1ccc2c(c1)C(C)(C)c1ccccc1-2. The second-order valence-electron chi connectivity index (χ2n) is 9.28. The van der Waals surface area contributed by atoms with Crippen molar-refractivity contribution in [2.45, 2.75) is 39.2 Å². The molecule has 5 rings (SSSR count). The lowest BCUT2D eigenvalue weighted by atomic mass is 9.82. The van der Waals surface area contributed by atoms with Crippen molar-refractivity contribution >= 4 is 11.4 Å². The van der Waals surface area contributed by atoms with Crippen molar-refractivity contribution in [3.63, 3.8) is 0 Å². The summed E-state index contributed by atoms with van der Waals surface area (Å²) in [5.74, 6) is 0. The number of hydrogen-bond acceptors (Lipinski definition) is 1. The standard InChI is InChI=1S/C30H29N/c1-21(2)31(24-16-14-23(15-17-24)22-10-6-5-7-11-22)25-18-19-27-26-12-8-9-13-28(26)30(3,4)29(27)20-25/h5-21H,1-4H3. The van der Waals surface area contributed by atoms with Gasteiger partial charge in [-0.25, -0.2) is 0 Å². The molecule has 31 heavy (non-hydrogen) atoms. The molecule has 1 nitrogen and oxygen atoms in total. The molecule has 0 saturated heterocycles. The van der Waals surface area contributed by atoms with Crippen molar-refractivity contribution in [1.82, 2.24) is 0 Å². The Morgan fingerprint density at radius 1 is 0.581 bits per heavy atom. The average molecular weight is 404 g/mol. The number of benzene rings is 4. The highest BCUT2D eigenvalue weighted by molar-refractivity contribution is 5.83. The molecule has 0 amide bonds. The Kier molecular flexibility index (Phi) is 4.70. The van der Waals surface area contributed by atoms with Crippen LogP contribution in [-0.2, 0) is 5.41 Å². The molecular weight excluding hydrogens is 374 g/mol. The van der Waals surface area contributed by atoms with Gasteiger partial charge in [-0.05, 0) is 71.5 Å². The maximum absolute atomic E-state index is 2.44. The minimum Gasteiger partial charge on any atom is -0.339 e. The number of rotatable bonds is 4. The lowest BCUT2D eigenvalue weighted by Crippen LogP contribution is -2.26. The van der Waals surface area contributed by atoms with Crippen LogP contribution in [0.15, 0.2) is 97.1 Å². The van der Waals surface area contributed by atoms with E-state index in [2.05, 4.69) is 130 Å². The van der Waals surface area contributed by atoms with E-state index in [0.29, 0.717) is 6.04 Å². The van der Waals surface area contributed by atoms with E-state index in [-0.39, 0.29) is 5.41 Å². The average Bonchev–Trinajstić information content (AvgIpc) is 3.02. The zero-order chi connectivity index (χ0) is 21.6. The van der Waals surface area contributed by atoms with Crippen molar-refractivity contribution in [3.8, 4) is 22.3 Å². The number of fused-ring (bicyclic) bond motifs is 3. The van der Waals surface area contributed by atoms with Crippen LogP contribution in [0, 0.1) is 0 Å². The largest absolute Gasteiger partial charge is 0.339 e. The van der Waals surface area contributed by atoms with Gasteiger partial charge in [-0.15, -0.1) is 0 Å². The summed E-state index contributed by atoms with van der Waals surface area (Å²) >= 11 is 0. The lowest BCUT2D eigenvalue weighted by Gasteiger charge is -2.31. The van der Waals surface area contributed by atoms with E-state index >= 15 is 0 Å². The maximum Gasteiger partial charge on any atom is 0.0416 e. The topological polar surface area (TPSA) is 3.24 Å². The predicted molar refractivity (Wildman–Crippen MR) is 133 cm³/mol. The first-order valence-corrected chi connectivity index (χ1v) is 11.2. The first-order chi connectivity index (χ1) is 15.0. The molecule has 0 atom stereocenters. The number of anilines is 2. The van der Waals surface area contributed by atoms with Gasteiger partial charge in [0.05, 0.1) is 0 Å². The van der Waals surface area contributed by atoms with Crippen LogP contribution in [0.1, 0.15) is 38.8 Å². The Hall–Kier alpha value is -3.32. The van der Waals surface area contributed by atoms with E-state index in [9.17, 15) is 0 Å². The summed E-state index contributed by atoms with van der Waals surface area (Å²) in [7, 11) is 0. The Balaban J connectivity index is 1.55. The Morgan fingerprint density at radius 3 is 1.87 bits per heavy atom. The smallest absolute Gasteiger partial charge is 0.0416 e. The van der Waals surface area contributed by atoms with E-state index in [1.165, 1.54) is 44.8 Å². The van der Waals surface area contributed by atoms with Crippen molar-refractivity contribution in [1.29, 1.82) is 0 Å². The molecule has 1 heteroatoms. The van der Waals surface area contributed by atoms with Gasteiger partial charge in [0.25, 0.3) is 0 Å². The molecule has 0 heterocycles. The summed E-state index contributed by atoms with van der Waals surface area (Å²) in [4.78, 5) is 2.44. The molecule has 154 valence electrons. The second kappa shape index (κ2) is 7.42. The predicted octanol–water partition coefficient (Wildman–Crippen LogP) is 8.21. The fourth-order valence-electron chi connectivity index (χ4n) is 5.03. The molecule has 0 spiro atoms. The van der Waals surface area contributed by atoms with Crippen molar-refractivity contribution in [2.24, 2.45) is 0 Å². The van der Waals surface area contributed by atoms with Crippen LogP contribution in [0.2, 0.25) is 0 Å². The molecular formula is C30H29N. The molecule has 4 aromatic carbocycles. The molecule has 0 aliphatic heterocycles. The monoisotopic (exact) mass is 403 g/mol. The summed E-state index contributed by atoms with van der Waals surface area (Å²) in [6.07, 6.45) is 0. The summed E-state index contributed by atoms with van der Waals surface area (Å²) in [5, 5.41) is 0. The highest BCUT2D eigenvalue weighted by Crippen LogP contribution is 2.50. The first kappa shape index (κ1) is 19.6. The minimum atomic E-state index is 0.0156. The quantitative estimate of drug-likeness (QED) is 0.332. The van der Waals surface area contributed by atoms with Crippen LogP contribution < -0.4 is 4.90 Å². The Labute approximate surface area is 186 Å². The van der Waals surface area contributed by atoms with Crippen molar-refractivity contribution < 1.29 is 0 Å². The second-order valence-corrected chi connectivity index (χ2v) is 9.28. The molecule has 1 aliphatic rings. The van der Waals surface area contributed by atoms with Crippen LogP contribution in [0.5, 0.6) is 0 Å². The maximum atomic E-state index is 2.44. The van der Waals surface area contributed by atoms with Gasteiger partial charge in [-0.3, -0.25) is 0 Å². The normalized spacial score (nSPS) is 13.7. The molecule has 0 radical (unpaired) electrons. The lowest BCUT2D eigenvalue weighted by molar-refractivity contribution is 0.659. The molecule has 0 saturated carbocycles. The minimum absolute atomic E-state index is 0.0156. The van der Waals surface area contributed by atoms with Crippen LogP contribution in [0.4, 0.5) is 11.4 Å². The summed E-state index contributed by atoms with van der Waals surface area (Å²) in [5.41, 5.74) is 10.6. The van der Waals surface area contributed by atoms with Crippen LogP contribution in [0.3, 0.4) is 0 Å². The Morgan fingerprint density at radius 2 is 1.16 bits per heavy atom. The van der Waals surface area contributed by atoms with Gasteiger partial charge in [0, 0.05) is 22.8 Å². The number of nitrogens with zero attached hydrogens (tertiary/aromatic N) is 1. The van der Waals surface area contributed by atoms with Crippen molar-refractivity contribution in [2.75, 3.05) is 4.90 Å². The van der Waals surface area contributed by atoms with E-state index in [0.717, 1.165) is 0 Å². The van der Waals surface area contributed by atoms with Gasteiger partial charge in [-0.2, -0.15) is 0 Å². The van der Waals surface area contributed by atoms with Gasteiger partial charge in [-0.1, -0.05) is 86.6 Å². The highest BCUT2D eigenvalue weighted by atomic mass is 15.2. The Bertz CT molecular complexity index is 1220. The first-order valence-electron chi connectivity index (χ1n) is 11.2. The fraction of sp³-hybridized carbons (Fsp3) is 0.200. The zero-order valence-electron chi connectivity index (χ0n) is 18.8. The van der Waals surface area contributed by atoms with Crippen LogP contribution >= 0.6 is 0 Å². The van der Waals surface area contributed by atoms with E-state index in [1.807, 2.05) is 0 Å². The molecule has 0 fully saturated rings. The highest BCUT2D eigenvalue weighted by Gasteiger charge is 2.35. The molecule has 4 aromatic rings. The molecule has 0 unspecified atom stereocenters. The van der Waals surface area contributed by atoms with Gasteiger partial charge in [0.2, 0.25) is 0 Å².